The smallest absolute Gasteiger partial charge is 0.247 e. The summed E-state index contributed by atoms with van der Waals surface area (Å²) < 4.78 is 1.46. The van der Waals surface area contributed by atoms with Crippen LogP contribution in [-0.2, 0) is 16.9 Å². The highest BCUT2D eigenvalue weighted by Gasteiger charge is 2.34. The van der Waals surface area contributed by atoms with Gasteiger partial charge in [-0.2, -0.15) is 0 Å². The van der Waals surface area contributed by atoms with Crippen LogP contribution in [0.4, 0.5) is 5.13 Å². The number of amides is 1. The molecule has 0 aromatic carbocycles. The van der Waals surface area contributed by atoms with Crippen molar-refractivity contribution in [2.24, 2.45) is 0 Å². The maximum absolute atomic E-state index is 12.4. The van der Waals surface area contributed by atoms with Crippen molar-refractivity contribution in [3.8, 4) is 10.6 Å². The van der Waals surface area contributed by atoms with Crippen LogP contribution in [0.15, 0.2) is 11.6 Å². The van der Waals surface area contributed by atoms with Crippen LogP contribution >= 0.6 is 22.7 Å². The molecule has 0 bridgehead atoms. The fourth-order valence-electron chi connectivity index (χ4n) is 3.49. The van der Waals surface area contributed by atoms with Crippen LogP contribution in [0.1, 0.15) is 48.5 Å². The summed E-state index contributed by atoms with van der Waals surface area (Å²) in [5.74, 6) is -0.231. The average Bonchev–Trinajstić information content (AvgIpc) is 3.36. The maximum Gasteiger partial charge on any atom is 0.247 e. The van der Waals surface area contributed by atoms with Gasteiger partial charge in [-0.25, -0.2) is 14.6 Å². The molecule has 0 saturated heterocycles. The number of aliphatic hydroxyl groups is 1. The molecule has 1 aliphatic carbocycles. The first kappa shape index (κ1) is 19.2. The van der Waals surface area contributed by atoms with Gasteiger partial charge in [0.15, 0.2) is 5.13 Å². The van der Waals surface area contributed by atoms with E-state index in [1.165, 1.54) is 16.0 Å². The van der Waals surface area contributed by atoms with Crippen LogP contribution in [-0.4, -0.2) is 36.0 Å². The van der Waals surface area contributed by atoms with Crippen molar-refractivity contribution in [1.82, 2.24) is 25.0 Å². The molecule has 4 rings (SSSR count). The highest BCUT2D eigenvalue weighted by molar-refractivity contribution is 7.16. The lowest BCUT2D eigenvalue weighted by Gasteiger charge is -2.29. The van der Waals surface area contributed by atoms with Crippen LogP contribution < -0.4 is 5.32 Å². The standard InChI is InChI=1S/C18H22N6O2S2/c1-11-16(28-12(2)19-11)13-10-27-17(20-13)21-15(25)9-24-8-14(22-23-24)18(26)6-4-3-5-7-18/h8,10,26H,3-7,9H2,1-2H3,(H,20,21,25). The number of carbonyl (C=O) groups excluding carboxylic acids is 1. The Morgan fingerprint density at radius 2 is 2.07 bits per heavy atom. The van der Waals surface area contributed by atoms with E-state index in [0.29, 0.717) is 23.7 Å². The number of hydrogen-bond donors (Lipinski definition) is 2. The molecule has 1 fully saturated rings. The molecule has 0 aliphatic heterocycles. The quantitative estimate of drug-likeness (QED) is 0.659. The molecule has 8 nitrogen and oxygen atoms in total. The number of anilines is 1. The number of carbonyl (C=O) groups is 1. The fraction of sp³-hybridized carbons (Fsp3) is 0.500. The van der Waals surface area contributed by atoms with Gasteiger partial charge < -0.3 is 10.4 Å². The number of rotatable bonds is 5. The minimum absolute atomic E-state index is 0.0245. The van der Waals surface area contributed by atoms with Crippen molar-refractivity contribution < 1.29 is 9.90 Å². The van der Waals surface area contributed by atoms with Crippen LogP contribution in [0.5, 0.6) is 0 Å². The second kappa shape index (κ2) is 7.69. The van der Waals surface area contributed by atoms with Gasteiger partial charge in [0.2, 0.25) is 5.91 Å². The second-order valence-corrected chi connectivity index (χ2v) is 9.19. The van der Waals surface area contributed by atoms with E-state index in [9.17, 15) is 9.90 Å². The van der Waals surface area contributed by atoms with Crippen LogP contribution in [0, 0.1) is 13.8 Å². The Balaban J connectivity index is 1.39. The van der Waals surface area contributed by atoms with Crippen LogP contribution in [0.25, 0.3) is 10.6 Å². The Hall–Kier alpha value is -2.17. The zero-order valence-electron chi connectivity index (χ0n) is 15.8. The molecule has 0 spiro atoms. The van der Waals surface area contributed by atoms with Crippen molar-refractivity contribution in [2.45, 2.75) is 58.1 Å². The van der Waals surface area contributed by atoms with Gasteiger partial charge in [0.25, 0.3) is 0 Å². The third kappa shape index (κ3) is 3.98. The summed E-state index contributed by atoms with van der Waals surface area (Å²) in [4.78, 5) is 22.3. The van der Waals surface area contributed by atoms with Crippen LogP contribution in [0.3, 0.4) is 0 Å². The van der Waals surface area contributed by atoms with Gasteiger partial charge in [0, 0.05) is 5.38 Å². The highest BCUT2D eigenvalue weighted by Crippen LogP contribution is 2.35. The van der Waals surface area contributed by atoms with Crippen molar-refractivity contribution in [1.29, 1.82) is 0 Å². The van der Waals surface area contributed by atoms with Gasteiger partial charge in [0.05, 0.1) is 27.5 Å². The first-order valence-corrected chi connectivity index (χ1v) is 11.0. The van der Waals surface area contributed by atoms with E-state index in [0.717, 1.165) is 40.5 Å². The van der Waals surface area contributed by atoms with Crippen molar-refractivity contribution in [3.05, 3.63) is 28.0 Å². The molecule has 1 aliphatic rings. The SMILES string of the molecule is Cc1nc(C)c(-c2csc(NC(=O)Cn3cc(C4(O)CCCCC4)nn3)n2)s1. The van der Waals surface area contributed by atoms with E-state index in [2.05, 4.69) is 25.6 Å². The molecule has 0 radical (unpaired) electrons. The Morgan fingerprint density at radius 1 is 1.29 bits per heavy atom. The summed E-state index contributed by atoms with van der Waals surface area (Å²) in [6.07, 6.45) is 6.15. The normalized spacial score (nSPS) is 16.2. The predicted octanol–water partition coefficient (Wildman–Crippen LogP) is 3.27. The summed E-state index contributed by atoms with van der Waals surface area (Å²) in [6.45, 7) is 3.95. The lowest BCUT2D eigenvalue weighted by molar-refractivity contribution is -0.116. The first-order chi connectivity index (χ1) is 13.4. The molecule has 1 amide bonds. The van der Waals surface area contributed by atoms with Crippen molar-refractivity contribution in [2.75, 3.05) is 5.32 Å². The molecule has 3 heterocycles. The molecule has 2 N–H and O–H groups in total. The molecular weight excluding hydrogens is 396 g/mol. The maximum atomic E-state index is 12.4. The Morgan fingerprint density at radius 3 is 2.79 bits per heavy atom. The third-order valence-electron chi connectivity index (χ3n) is 4.89. The molecule has 3 aromatic heterocycles. The minimum Gasteiger partial charge on any atom is -0.383 e. The number of nitrogens with one attached hydrogen (secondary N) is 1. The Kier molecular flexibility index (Phi) is 5.26. The molecule has 148 valence electrons. The van der Waals surface area contributed by atoms with Gasteiger partial charge >= 0.3 is 0 Å². The van der Waals surface area contributed by atoms with Gasteiger partial charge in [-0.05, 0) is 26.7 Å². The number of aryl methyl sites for hydroxylation is 2. The molecule has 10 heteroatoms. The fourth-order valence-corrected chi connectivity index (χ4v) is 5.16. The minimum atomic E-state index is -0.915. The highest BCUT2D eigenvalue weighted by atomic mass is 32.1. The van der Waals surface area contributed by atoms with E-state index in [1.807, 2.05) is 19.2 Å². The number of aromatic nitrogens is 5. The van der Waals surface area contributed by atoms with Gasteiger partial charge in [-0.3, -0.25) is 4.79 Å². The number of hydrogen-bond acceptors (Lipinski definition) is 8. The van der Waals surface area contributed by atoms with Crippen molar-refractivity contribution in [3.63, 3.8) is 0 Å². The summed E-state index contributed by atoms with van der Waals surface area (Å²) >= 11 is 2.97. The lowest BCUT2D eigenvalue weighted by Crippen LogP contribution is -2.28. The summed E-state index contributed by atoms with van der Waals surface area (Å²) in [5.41, 5.74) is 1.40. The van der Waals surface area contributed by atoms with Gasteiger partial charge in [-0.1, -0.05) is 24.5 Å². The van der Waals surface area contributed by atoms with E-state index in [1.54, 1.807) is 17.5 Å². The zero-order chi connectivity index (χ0) is 19.7. The predicted molar refractivity (Wildman–Crippen MR) is 108 cm³/mol. The molecule has 3 aromatic rings. The van der Waals surface area contributed by atoms with Gasteiger partial charge in [0.1, 0.15) is 17.8 Å². The monoisotopic (exact) mass is 418 g/mol. The largest absolute Gasteiger partial charge is 0.383 e. The summed E-state index contributed by atoms with van der Waals surface area (Å²) in [7, 11) is 0. The number of thiazole rings is 2. The van der Waals surface area contributed by atoms with E-state index in [-0.39, 0.29) is 12.5 Å². The first-order valence-electron chi connectivity index (χ1n) is 9.26. The molecular formula is C18H22N6O2S2. The Labute approximate surface area is 170 Å². The van der Waals surface area contributed by atoms with Crippen LogP contribution in [0.2, 0.25) is 0 Å². The average molecular weight is 419 g/mol. The van der Waals surface area contributed by atoms with E-state index in [4.69, 9.17) is 0 Å². The molecule has 0 unspecified atom stereocenters. The molecule has 28 heavy (non-hydrogen) atoms. The number of nitrogens with zero attached hydrogens (tertiary/aromatic N) is 5. The van der Waals surface area contributed by atoms with Gasteiger partial charge in [-0.15, -0.1) is 27.8 Å². The molecule has 0 atom stereocenters. The zero-order valence-corrected chi connectivity index (χ0v) is 17.4. The third-order valence-corrected chi connectivity index (χ3v) is 6.74. The lowest BCUT2D eigenvalue weighted by atomic mass is 9.83. The summed E-state index contributed by atoms with van der Waals surface area (Å²) in [5, 5.41) is 25.1. The Bertz CT molecular complexity index is 986. The summed E-state index contributed by atoms with van der Waals surface area (Å²) in [6, 6.07) is 0. The second-order valence-electron chi connectivity index (χ2n) is 7.13. The topological polar surface area (TPSA) is 106 Å². The van der Waals surface area contributed by atoms with Crippen molar-refractivity contribution >= 4 is 33.7 Å². The van der Waals surface area contributed by atoms with E-state index < -0.39 is 5.60 Å². The molecule has 1 saturated carbocycles. The van der Waals surface area contributed by atoms with E-state index >= 15 is 0 Å².